The van der Waals surface area contributed by atoms with Crippen molar-refractivity contribution in [3.63, 3.8) is 0 Å². The van der Waals surface area contributed by atoms with Crippen molar-refractivity contribution in [1.82, 2.24) is 4.90 Å². The number of nitrogens with zero attached hydrogens (tertiary/aromatic N) is 1. The van der Waals surface area contributed by atoms with Gasteiger partial charge in [0, 0.05) is 31.6 Å². The van der Waals surface area contributed by atoms with E-state index in [2.05, 4.69) is 35.5 Å². The molecule has 0 spiro atoms. The fourth-order valence-electron chi connectivity index (χ4n) is 3.46. The summed E-state index contributed by atoms with van der Waals surface area (Å²) in [5, 5.41) is 10.3. The third kappa shape index (κ3) is 4.93. The number of nitrogens with one attached hydrogen (secondary N) is 1. The van der Waals surface area contributed by atoms with Crippen molar-refractivity contribution in [3.05, 3.63) is 35.9 Å². The van der Waals surface area contributed by atoms with E-state index >= 15 is 0 Å². The average Bonchev–Trinajstić information content (AvgIpc) is 2.46. The van der Waals surface area contributed by atoms with Gasteiger partial charge in [-0.2, -0.15) is 0 Å². The number of carboxylic acids is 1. The molecule has 2 heterocycles. The van der Waals surface area contributed by atoms with Gasteiger partial charge in [0.25, 0.3) is 5.97 Å². The van der Waals surface area contributed by atoms with Gasteiger partial charge in [-0.15, -0.1) is 0 Å². The molecular formula is C19H26N2O3. The second-order valence-electron chi connectivity index (χ2n) is 6.49. The Balaban J connectivity index is 0.000000471. The smallest absolute Gasteiger partial charge is 0.300 e. The van der Waals surface area contributed by atoms with Gasteiger partial charge in [-0.3, -0.25) is 14.5 Å². The van der Waals surface area contributed by atoms with E-state index in [4.69, 9.17) is 9.90 Å². The Bertz CT molecular complexity index is 635. The molecule has 5 heteroatoms. The number of likely N-dealkylation sites (N-methyl/N-ethyl adjacent to an activating group) is 1. The van der Waals surface area contributed by atoms with Crippen LogP contribution in [0.2, 0.25) is 0 Å². The first-order valence-electron chi connectivity index (χ1n) is 8.37. The van der Waals surface area contributed by atoms with Gasteiger partial charge in [0.2, 0.25) is 5.91 Å². The summed E-state index contributed by atoms with van der Waals surface area (Å²) in [5.74, 6) is -0.851. The van der Waals surface area contributed by atoms with Crippen LogP contribution in [0.1, 0.15) is 45.1 Å². The number of piperidine rings is 1. The molecule has 1 fully saturated rings. The molecule has 3 rings (SSSR count). The number of amides is 1. The van der Waals surface area contributed by atoms with Crippen LogP contribution in [0, 0.1) is 0 Å². The Kier molecular flexibility index (Phi) is 6.15. The van der Waals surface area contributed by atoms with E-state index in [1.807, 2.05) is 12.1 Å². The van der Waals surface area contributed by atoms with Gasteiger partial charge in [0.1, 0.15) is 0 Å². The number of hydrogen-bond donors (Lipinski definition) is 2. The molecule has 1 aromatic rings. The van der Waals surface area contributed by atoms with Crippen molar-refractivity contribution in [2.24, 2.45) is 0 Å². The van der Waals surface area contributed by atoms with Crippen molar-refractivity contribution in [2.45, 2.75) is 51.6 Å². The summed E-state index contributed by atoms with van der Waals surface area (Å²) in [5.41, 5.74) is 3.58. The maximum atomic E-state index is 11.2. The van der Waals surface area contributed by atoms with E-state index in [0.717, 1.165) is 19.0 Å². The Labute approximate surface area is 143 Å². The number of anilines is 1. The molecule has 2 aliphatic rings. The first-order valence-corrected chi connectivity index (χ1v) is 8.37. The van der Waals surface area contributed by atoms with E-state index in [1.165, 1.54) is 30.4 Å². The molecule has 24 heavy (non-hydrogen) atoms. The minimum absolute atomic E-state index is 0.0172. The van der Waals surface area contributed by atoms with E-state index in [1.54, 1.807) is 6.92 Å². The maximum absolute atomic E-state index is 11.2. The van der Waals surface area contributed by atoms with Crippen molar-refractivity contribution in [2.75, 3.05) is 12.4 Å². The van der Waals surface area contributed by atoms with Crippen LogP contribution in [-0.2, 0) is 9.59 Å². The van der Waals surface area contributed by atoms with E-state index in [9.17, 15) is 4.79 Å². The number of rotatable bonds is 2. The highest BCUT2D eigenvalue weighted by atomic mass is 16.4. The maximum Gasteiger partial charge on any atom is 0.300 e. The summed E-state index contributed by atoms with van der Waals surface area (Å²) in [6.45, 7) is 2.63. The zero-order valence-electron chi connectivity index (χ0n) is 14.6. The zero-order valence-corrected chi connectivity index (χ0v) is 14.6. The van der Waals surface area contributed by atoms with Crippen molar-refractivity contribution in [1.29, 1.82) is 0 Å². The zero-order chi connectivity index (χ0) is 17.7. The molecule has 1 saturated heterocycles. The van der Waals surface area contributed by atoms with Gasteiger partial charge in [0.15, 0.2) is 0 Å². The third-order valence-electron chi connectivity index (χ3n) is 4.54. The van der Waals surface area contributed by atoms with Crippen LogP contribution in [-0.4, -0.2) is 41.0 Å². The summed E-state index contributed by atoms with van der Waals surface area (Å²) in [7, 11) is 2.25. The quantitative estimate of drug-likeness (QED) is 0.872. The Hall–Kier alpha value is -2.14. The van der Waals surface area contributed by atoms with Gasteiger partial charge in [-0.05, 0) is 49.6 Å². The van der Waals surface area contributed by atoms with E-state index < -0.39 is 5.97 Å². The predicted molar refractivity (Wildman–Crippen MR) is 95.8 cm³/mol. The second kappa shape index (κ2) is 8.11. The van der Waals surface area contributed by atoms with Crippen LogP contribution in [0.4, 0.5) is 5.69 Å². The summed E-state index contributed by atoms with van der Waals surface area (Å²) in [4.78, 5) is 22.7. The lowest BCUT2D eigenvalue weighted by atomic mass is 9.83. The van der Waals surface area contributed by atoms with Crippen LogP contribution in [0.3, 0.4) is 0 Å². The minimum Gasteiger partial charge on any atom is -0.481 e. The molecule has 0 saturated carbocycles. The van der Waals surface area contributed by atoms with Gasteiger partial charge in [0.05, 0.1) is 0 Å². The third-order valence-corrected chi connectivity index (χ3v) is 4.54. The lowest BCUT2D eigenvalue weighted by molar-refractivity contribution is -0.134. The van der Waals surface area contributed by atoms with Gasteiger partial charge in [-0.1, -0.05) is 24.6 Å². The van der Waals surface area contributed by atoms with Crippen LogP contribution in [0.5, 0.6) is 0 Å². The van der Waals surface area contributed by atoms with Gasteiger partial charge >= 0.3 is 0 Å². The number of carbonyl (C=O) groups is 2. The Morgan fingerprint density at radius 3 is 2.58 bits per heavy atom. The fraction of sp³-hybridized carbons (Fsp3) is 0.474. The Morgan fingerprint density at radius 2 is 1.96 bits per heavy atom. The fourth-order valence-corrected chi connectivity index (χ4v) is 3.46. The van der Waals surface area contributed by atoms with E-state index in [0.29, 0.717) is 12.1 Å². The number of carbonyl (C=O) groups excluding carboxylic acids is 1. The summed E-state index contributed by atoms with van der Waals surface area (Å²) < 4.78 is 0. The first-order chi connectivity index (χ1) is 11.4. The van der Waals surface area contributed by atoms with Crippen LogP contribution >= 0.6 is 0 Å². The summed E-state index contributed by atoms with van der Waals surface area (Å²) in [6, 6.07) is 9.48. The highest BCUT2D eigenvalue weighted by molar-refractivity contribution is 5.89. The van der Waals surface area contributed by atoms with Crippen molar-refractivity contribution < 1.29 is 14.7 Å². The monoisotopic (exact) mass is 330 g/mol. The van der Waals surface area contributed by atoms with Crippen LogP contribution in [0.25, 0.3) is 5.57 Å². The van der Waals surface area contributed by atoms with Crippen molar-refractivity contribution >= 4 is 23.1 Å². The molecule has 130 valence electrons. The van der Waals surface area contributed by atoms with Crippen LogP contribution < -0.4 is 5.32 Å². The molecule has 1 amide bonds. The molecule has 2 N–H and O–H groups in total. The number of carboxylic acid groups (broad SMARTS) is 1. The van der Waals surface area contributed by atoms with Crippen molar-refractivity contribution in [3.8, 4) is 0 Å². The van der Waals surface area contributed by atoms with Gasteiger partial charge < -0.3 is 10.4 Å². The molecule has 0 radical (unpaired) electrons. The molecule has 2 aliphatic heterocycles. The summed E-state index contributed by atoms with van der Waals surface area (Å²) in [6.07, 6.45) is 7.45. The largest absolute Gasteiger partial charge is 0.481 e. The number of hydrogen-bond acceptors (Lipinski definition) is 3. The molecule has 2 bridgehead atoms. The highest BCUT2D eigenvalue weighted by Gasteiger charge is 2.31. The average molecular weight is 330 g/mol. The molecule has 5 nitrogen and oxygen atoms in total. The molecule has 1 aromatic carbocycles. The topological polar surface area (TPSA) is 69.6 Å². The predicted octanol–water partition coefficient (Wildman–Crippen LogP) is 3.38. The standard InChI is InChI=1S/C17H22N2O.C2H4O2/c1-12(20)18-15-6-3-5-13(9-15)14-10-16-7-4-8-17(11-14)19(16)2;1-2(3)4/h3,5-6,9-10,16-17H,4,7-8,11H2,1-2H3,(H,18,20);1H3,(H,3,4). The number of aliphatic carboxylic acids is 1. The second-order valence-corrected chi connectivity index (χ2v) is 6.49. The molecule has 2 atom stereocenters. The SMILES string of the molecule is CC(=O)Nc1cccc(C2=CC3CCCC(C2)N3C)c1.CC(=O)O. The molecular weight excluding hydrogens is 304 g/mol. The highest BCUT2D eigenvalue weighted by Crippen LogP contribution is 2.36. The molecule has 0 aromatic heterocycles. The number of fused-ring (bicyclic) bond motifs is 2. The first kappa shape index (κ1) is 18.2. The normalized spacial score (nSPS) is 22.7. The Morgan fingerprint density at radius 1 is 1.25 bits per heavy atom. The lowest BCUT2D eigenvalue weighted by Gasteiger charge is -2.42. The molecule has 0 aliphatic carbocycles. The van der Waals surface area contributed by atoms with Crippen LogP contribution in [0.15, 0.2) is 30.3 Å². The minimum atomic E-state index is -0.833. The van der Waals surface area contributed by atoms with E-state index in [-0.39, 0.29) is 5.91 Å². The lowest BCUT2D eigenvalue weighted by Crippen LogP contribution is -2.45. The molecule has 2 unspecified atom stereocenters. The number of benzene rings is 1. The van der Waals surface area contributed by atoms with Gasteiger partial charge in [-0.25, -0.2) is 0 Å². The summed E-state index contributed by atoms with van der Waals surface area (Å²) >= 11 is 0.